The summed E-state index contributed by atoms with van der Waals surface area (Å²) in [5.74, 6) is 3.43. The Hall–Kier alpha value is -2.41. The maximum Gasteiger partial charge on any atom is 0.150 e. The number of pyridine rings is 1. The molecule has 3 unspecified atom stereocenters. The first-order valence-electron chi connectivity index (χ1n) is 13.3. The number of rotatable bonds is 5. The van der Waals surface area contributed by atoms with Crippen molar-refractivity contribution in [2.45, 2.75) is 76.3 Å². The van der Waals surface area contributed by atoms with Crippen LogP contribution in [0.2, 0.25) is 0 Å². The molecule has 1 saturated heterocycles. The summed E-state index contributed by atoms with van der Waals surface area (Å²) in [5, 5.41) is 8.00. The quantitative estimate of drug-likeness (QED) is 0.589. The van der Waals surface area contributed by atoms with E-state index >= 15 is 0 Å². The molecule has 6 rings (SSSR count). The van der Waals surface area contributed by atoms with Crippen LogP contribution in [0.5, 0.6) is 0 Å². The number of aromatic nitrogens is 4. The molecule has 2 radical (unpaired) electrons. The Morgan fingerprint density at radius 2 is 1.85 bits per heavy atom. The topological polar surface area (TPSA) is 58.4 Å². The van der Waals surface area contributed by atoms with Gasteiger partial charge in [0.25, 0.3) is 0 Å². The molecule has 1 N–H and O–H groups in total. The van der Waals surface area contributed by atoms with Gasteiger partial charge in [-0.3, -0.25) is 4.98 Å². The molecule has 0 bridgehead atoms. The molecule has 0 amide bonds. The van der Waals surface area contributed by atoms with Gasteiger partial charge in [0.15, 0.2) is 0 Å². The number of nitrogens with zero attached hydrogens (tertiary/aromatic N) is 5. The van der Waals surface area contributed by atoms with E-state index in [1.165, 1.54) is 70.9 Å². The Kier molecular flexibility index (Phi) is 6.29. The van der Waals surface area contributed by atoms with Gasteiger partial charge in [-0.05, 0) is 74.1 Å². The van der Waals surface area contributed by atoms with E-state index in [2.05, 4.69) is 32.4 Å². The number of likely N-dealkylation sites (tertiary alicyclic amines) is 1. The standard InChI is InChI=1S/C27H35BN6/c28-24-18-31-34-26(30-17-19-4-3-11-29-16-19)15-25(32-27(24)34)21-9-12-33(13-10-21)23-8-7-20-5-1-2-6-22(20)14-23/h3-4,11,15-16,18,20-23,30H,1-2,5-10,12-14,17H2. The van der Waals surface area contributed by atoms with E-state index < -0.39 is 0 Å². The van der Waals surface area contributed by atoms with Crippen molar-refractivity contribution in [3.8, 4) is 0 Å². The third-order valence-corrected chi connectivity index (χ3v) is 8.69. The van der Waals surface area contributed by atoms with Crippen molar-refractivity contribution >= 4 is 24.8 Å². The molecule has 3 aromatic rings. The molecule has 34 heavy (non-hydrogen) atoms. The normalized spacial score (nSPS) is 26.4. The second-order valence-electron chi connectivity index (χ2n) is 10.7. The Balaban J connectivity index is 1.14. The molecule has 3 atom stereocenters. The molecular formula is C27H35BN6. The van der Waals surface area contributed by atoms with Crippen LogP contribution in [0.4, 0.5) is 5.82 Å². The summed E-state index contributed by atoms with van der Waals surface area (Å²) in [5.41, 5.74) is 3.66. The maximum atomic E-state index is 6.23. The summed E-state index contributed by atoms with van der Waals surface area (Å²) in [6.07, 6.45) is 17.9. The average molecular weight is 454 g/mol. The zero-order valence-corrected chi connectivity index (χ0v) is 20.1. The average Bonchev–Trinajstić information content (AvgIpc) is 3.28. The van der Waals surface area contributed by atoms with Gasteiger partial charge in [-0.15, -0.1) is 0 Å². The Bertz CT molecular complexity index is 1110. The molecule has 176 valence electrons. The van der Waals surface area contributed by atoms with Crippen LogP contribution >= 0.6 is 0 Å². The van der Waals surface area contributed by atoms with Crippen molar-refractivity contribution in [1.29, 1.82) is 0 Å². The van der Waals surface area contributed by atoms with Crippen molar-refractivity contribution in [2.75, 3.05) is 18.4 Å². The molecular weight excluding hydrogens is 419 g/mol. The number of anilines is 1. The Morgan fingerprint density at radius 1 is 1.00 bits per heavy atom. The van der Waals surface area contributed by atoms with Gasteiger partial charge in [-0.1, -0.05) is 31.7 Å². The van der Waals surface area contributed by atoms with Crippen molar-refractivity contribution in [2.24, 2.45) is 11.8 Å². The minimum absolute atomic E-state index is 0.473. The molecule has 1 aliphatic heterocycles. The lowest BCUT2D eigenvalue weighted by Gasteiger charge is -2.45. The van der Waals surface area contributed by atoms with E-state index in [0.717, 1.165) is 40.6 Å². The summed E-state index contributed by atoms with van der Waals surface area (Å²) in [4.78, 5) is 12.0. The monoisotopic (exact) mass is 454 g/mol. The lowest BCUT2D eigenvalue weighted by atomic mass is 9.69. The van der Waals surface area contributed by atoms with Crippen LogP contribution in [-0.2, 0) is 6.54 Å². The van der Waals surface area contributed by atoms with Crippen molar-refractivity contribution in [3.05, 3.63) is 48.0 Å². The van der Waals surface area contributed by atoms with Crippen molar-refractivity contribution in [1.82, 2.24) is 24.5 Å². The predicted octanol–water partition coefficient (Wildman–Crippen LogP) is 4.07. The number of fused-ring (bicyclic) bond motifs is 2. The second-order valence-corrected chi connectivity index (χ2v) is 10.7. The number of hydrogen-bond acceptors (Lipinski definition) is 5. The third kappa shape index (κ3) is 4.47. The van der Waals surface area contributed by atoms with Gasteiger partial charge in [0.1, 0.15) is 19.3 Å². The second kappa shape index (κ2) is 9.69. The largest absolute Gasteiger partial charge is 0.366 e. The van der Waals surface area contributed by atoms with Crippen LogP contribution < -0.4 is 10.8 Å². The van der Waals surface area contributed by atoms with E-state index in [1.807, 2.05) is 16.8 Å². The Labute approximate surface area is 204 Å². The first-order chi connectivity index (χ1) is 16.7. The predicted molar refractivity (Wildman–Crippen MR) is 137 cm³/mol. The van der Waals surface area contributed by atoms with Gasteiger partial charge in [0.05, 0.1) is 0 Å². The zero-order chi connectivity index (χ0) is 22.9. The van der Waals surface area contributed by atoms with E-state index in [1.54, 1.807) is 12.4 Å². The minimum atomic E-state index is 0.473. The minimum Gasteiger partial charge on any atom is -0.366 e. The fraction of sp³-hybridized carbons (Fsp3) is 0.593. The highest BCUT2D eigenvalue weighted by atomic mass is 15.3. The van der Waals surface area contributed by atoms with Gasteiger partial charge < -0.3 is 10.2 Å². The molecule has 3 aromatic heterocycles. The molecule has 3 aliphatic rings. The molecule has 2 saturated carbocycles. The Morgan fingerprint density at radius 3 is 2.68 bits per heavy atom. The van der Waals surface area contributed by atoms with Crippen LogP contribution in [0.3, 0.4) is 0 Å². The molecule has 4 heterocycles. The first kappa shape index (κ1) is 22.1. The first-order valence-corrected chi connectivity index (χ1v) is 13.3. The van der Waals surface area contributed by atoms with E-state index in [-0.39, 0.29) is 0 Å². The van der Waals surface area contributed by atoms with Crippen LogP contribution in [0.15, 0.2) is 36.8 Å². The van der Waals surface area contributed by atoms with Gasteiger partial charge in [-0.2, -0.15) is 9.61 Å². The molecule has 7 heteroatoms. The highest BCUT2D eigenvalue weighted by Gasteiger charge is 2.36. The van der Waals surface area contributed by atoms with Crippen LogP contribution in [0.25, 0.3) is 5.65 Å². The maximum absolute atomic E-state index is 6.23. The number of nitrogens with one attached hydrogen (secondary N) is 1. The van der Waals surface area contributed by atoms with Gasteiger partial charge in [0, 0.05) is 48.9 Å². The molecule has 0 spiro atoms. The summed E-state index contributed by atoms with van der Waals surface area (Å²) in [7, 11) is 6.23. The van der Waals surface area contributed by atoms with Crippen LogP contribution in [0.1, 0.15) is 75.0 Å². The number of piperidine rings is 1. The SMILES string of the molecule is [B]c1cnn2c(NCc3cccnc3)cc(C3CCN(C4CCC5CCCCC5C4)CC3)nc12. The highest BCUT2D eigenvalue weighted by Crippen LogP contribution is 2.42. The molecule has 6 nitrogen and oxygen atoms in total. The molecule has 3 fully saturated rings. The van der Waals surface area contributed by atoms with Crippen LogP contribution in [-0.4, -0.2) is 51.5 Å². The van der Waals surface area contributed by atoms with E-state index in [9.17, 15) is 0 Å². The van der Waals surface area contributed by atoms with E-state index in [0.29, 0.717) is 17.9 Å². The summed E-state index contributed by atoms with van der Waals surface area (Å²) < 4.78 is 1.83. The number of hydrogen-bond donors (Lipinski definition) is 1. The fourth-order valence-corrected chi connectivity index (χ4v) is 6.77. The van der Waals surface area contributed by atoms with Gasteiger partial charge in [-0.25, -0.2) is 4.98 Å². The van der Waals surface area contributed by atoms with Crippen LogP contribution in [0, 0.1) is 11.8 Å². The summed E-state index contributed by atoms with van der Waals surface area (Å²) in [6, 6.07) is 7.03. The van der Waals surface area contributed by atoms with Crippen molar-refractivity contribution in [3.63, 3.8) is 0 Å². The van der Waals surface area contributed by atoms with Gasteiger partial charge >= 0.3 is 0 Å². The highest BCUT2D eigenvalue weighted by molar-refractivity contribution is 6.36. The fourth-order valence-electron chi connectivity index (χ4n) is 6.77. The summed E-state index contributed by atoms with van der Waals surface area (Å²) >= 11 is 0. The van der Waals surface area contributed by atoms with Crippen molar-refractivity contribution < 1.29 is 0 Å². The molecule has 0 aromatic carbocycles. The zero-order valence-electron chi connectivity index (χ0n) is 20.1. The summed E-state index contributed by atoms with van der Waals surface area (Å²) in [6.45, 7) is 3.06. The van der Waals surface area contributed by atoms with Gasteiger partial charge in [0.2, 0.25) is 0 Å². The lowest BCUT2D eigenvalue weighted by Crippen LogP contribution is -2.45. The smallest absolute Gasteiger partial charge is 0.150 e. The molecule has 2 aliphatic carbocycles. The lowest BCUT2D eigenvalue weighted by molar-refractivity contribution is 0.0587. The third-order valence-electron chi connectivity index (χ3n) is 8.69. The van der Waals surface area contributed by atoms with E-state index in [4.69, 9.17) is 12.8 Å².